The number of halogens is 2. The molecular weight excluding hydrogens is 272 g/mol. The molecule has 0 saturated heterocycles. The van der Waals surface area contributed by atoms with Gasteiger partial charge in [-0.05, 0) is 31.4 Å². The molecule has 0 unspecified atom stereocenters. The van der Waals surface area contributed by atoms with Crippen molar-refractivity contribution in [2.24, 2.45) is 5.73 Å². The maximum absolute atomic E-state index is 14.1. The van der Waals surface area contributed by atoms with Crippen molar-refractivity contribution < 1.29 is 8.78 Å². The number of nitrogens with two attached hydrogens (primary N) is 1. The molecule has 112 valence electrons. The van der Waals surface area contributed by atoms with Gasteiger partial charge < -0.3 is 10.3 Å². The monoisotopic (exact) mass is 291 g/mol. The third-order valence-corrected chi connectivity index (χ3v) is 4.30. The Balaban J connectivity index is 2.03. The molecule has 0 radical (unpaired) electrons. The zero-order valence-electron chi connectivity index (χ0n) is 12.0. The van der Waals surface area contributed by atoms with Crippen LogP contribution >= 0.6 is 0 Å². The Hall–Kier alpha value is -1.75. The lowest BCUT2D eigenvalue weighted by Gasteiger charge is -2.18. The molecular formula is C16H19F2N3. The average Bonchev–Trinajstić information content (AvgIpc) is 2.79. The van der Waals surface area contributed by atoms with Gasteiger partial charge in [-0.3, -0.25) is 0 Å². The fraction of sp³-hybridized carbons (Fsp3) is 0.438. The number of rotatable bonds is 2. The third kappa shape index (κ3) is 2.46. The number of imidazole rings is 1. The zero-order chi connectivity index (χ0) is 15.0. The molecule has 3 rings (SSSR count). The van der Waals surface area contributed by atoms with Crippen LogP contribution in [0.1, 0.15) is 48.8 Å². The molecule has 2 heterocycles. The predicted molar refractivity (Wildman–Crippen MR) is 76.9 cm³/mol. The Morgan fingerprint density at radius 1 is 1.29 bits per heavy atom. The molecule has 1 aromatic carbocycles. The molecule has 2 atom stereocenters. The van der Waals surface area contributed by atoms with Crippen LogP contribution in [0.4, 0.5) is 8.78 Å². The highest BCUT2D eigenvalue weighted by molar-refractivity contribution is 5.25. The summed E-state index contributed by atoms with van der Waals surface area (Å²) >= 11 is 0. The van der Waals surface area contributed by atoms with Gasteiger partial charge in [0.1, 0.15) is 17.5 Å². The van der Waals surface area contributed by atoms with Crippen LogP contribution in [-0.4, -0.2) is 9.55 Å². The van der Waals surface area contributed by atoms with Crippen molar-refractivity contribution in [3.63, 3.8) is 0 Å². The molecule has 3 nitrogen and oxygen atoms in total. The highest BCUT2D eigenvalue weighted by atomic mass is 19.1. The number of hydrogen-bond acceptors (Lipinski definition) is 2. The minimum atomic E-state index is -0.477. The molecule has 1 aromatic heterocycles. The van der Waals surface area contributed by atoms with E-state index in [1.54, 1.807) is 0 Å². The van der Waals surface area contributed by atoms with E-state index in [1.165, 1.54) is 18.2 Å². The third-order valence-electron chi connectivity index (χ3n) is 4.30. The highest BCUT2D eigenvalue weighted by Crippen LogP contribution is 2.34. The van der Waals surface area contributed by atoms with Crippen molar-refractivity contribution in [2.45, 2.75) is 44.7 Å². The number of benzene rings is 1. The average molecular weight is 291 g/mol. The van der Waals surface area contributed by atoms with Gasteiger partial charge in [-0.25, -0.2) is 13.8 Å². The van der Waals surface area contributed by atoms with E-state index in [2.05, 4.69) is 4.98 Å². The Bertz CT molecular complexity index is 631. The van der Waals surface area contributed by atoms with Gasteiger partial charge >= 0.3 is 0 Å². The maximum atomic E-state index is 14.1. The minimum Gasteiger partial charge on any atom is -0.330 e. The number of nitrogens with zero attached hydrogens (tertiary/aromatic N) is 2. The summed E-state index contributed by atoms with van der Waals surface area (Å²) in [6.07, 6.45) is 3.98. The Morgan fingerprint density at radius 3 is 2.67 bits per heavy atom. The molecule has 2 aromatic rings. The lowest BCUT2D eigenvalue weighted by Crippen LogP contribution is -2.16. The van der Waals surface area contributed by atoms with E-state index >= 15 is 0 Å². The van der Waals surface area contributed by atoms with Crippen molar-refractivity contribution in [3.8, 4) is 0 Å². The summed E-state index contributed by atoms with van der Waals surface area (Å²) in [7, 11) is 0. The summed E-state index contributed by atoms with van der Waals surface area (Å²) in [5.74, 6) is -0.338. The van der Waals surface area contributed by atoms with Crippen LogP contribution in [0, 0.1) is 11.6 Å². The highest BCUT2D eigenvalue weighted by Gasteiger charge is 2.28. The van der Waals surface area contributed by atoms with Crippen LogP contribution in [0.2, 0.25) is 0 Å². The quantitative estimate of drug-likeness (QED) is 0.922. The summed E-state index contributed by atoms with van der Waals surface area (Å²) in [5, 5.41) is 0. The molecule has 5 heteroatoms. The molecule has 0 spiro atoms. The first-order chi connectivity index (χ1) is 10.1. The van der Waals surface area contributed by atoms with Crippen molar-refractivity contribution >= 4 is 0 Å². The van der Waals surface area contributed by atoms with Gasteiger partial charge in [0.2, 0.25) is 0 Å². The van der Waals surface area contributed by atoms with Crippen molar-refractivity contribution in [1.29, 1.82) is 0 Å². The normalized spacial score (nSPS) is 21.9. The topological polar surface area (TPSA) is 43.8 Å². The van der Waals surface area contributed by atoms with Gasteiger partial charge in [0, 0.05) is 29.9 Å². The van der Waals surface area contributed by atoms with Gasteiger partial charge in [-0.1, -0.05) is 13.0 Å². The fourth-order valence-corrected chi connectivity index (χ4v) is 3.17. The summed E-state index contributed by atoms with van der Waals surface area (Å²) in [6, 6.07) is 3.86. The predicted octanol–water partition coefficient (Wildman–Crippen LogP) is 3.30. The molecule has 0 aliphatic carbocycles. The van der Waals surface area contributed by atoms with E-state index < -0.39 is 11.6 Å². The van der Waals surface area contributed by atoms with Gasteiger partial charge in [0.05, 0.1) is 6.04 Å². The number of fused-ring (bicyclic) bond motifs is 1. The van der Waals surface area contributed by atoms with E-state index in [-0.39, 0.29) is 17.5 Å². The number of aryl methyl sites for hydroxylation is 1. The van der Waals surface area contributed by atoms with Gasteiger partial charge in [0.25, 0.3) is 0 Å². The lowest BCUT2D eigenvalue weighted by atomic mass is 9.92. The second-order valence-electron chi connectivity index (χ2n) is 5.59. The van der Waals surface area contributed by atoms with Crippen LogP contribution in [0.15, 0.2) is 24.4 Å². The van der Waals surface area contributed by atoms with Gasteiger partial charge in [-0.2, -0.15) is 0 Å². The standard InChI is InChI=1S/C16H19F2N3/c1-2-11-8-20-16-14(19)7-6-10(9-21(11)16)15-12(17)4-3-5-13(15)18/h3-5,8,10,14H,2,6-7,9,19H2,1H3/t10-,14-/m1/s1. The van der Waals surface area contributed by atoms with E-state index in [1.807, 2.05) is 17.7 Å². The summed E-state index contributed by atoms with van der Waals surface area (Å²) in [4.78, 5) is 4.39. The molecule has 21 heavy (non-hydrogen) atoms. The second-order valence-corrected chi connectivity index (χ2v) is 5.59. The zero-order valence-corrected chi connectivity index (χ0v) is 12.0. The second kappa shape index (κ2) is 5.56. The van der Waals surface area contributed by atoms with Gasteiger partial charge in [-0.15, -0.1) is 0 Å². The van der Waals surface area contributed by atoms with E-state index in [0.717, 1.165) is 17.9 Å². The van der Waals surface area contributed by atoms with Gasteiger partial charge in [0.15, 0.2) is 0 Å². The lowest BCUT2D eigenvalue weighted by molar-refractivity contribution is 0.465. The molecule has 2 N–H and O–H groups in total. The smallest absolute Gasteiger partial charge is 0.129 e. The summed E-state index contributed by atoms with van der Waals surface area (Å²) in [6.45, 7) is 2.57. The maximum Gasteiger partial charge on any atom is 0.129 e. The van der Waals surface area contributed by atoms with E-state index in [4.69, 9.17) is 5.73 Å². The molecule has 0 bridgehead atoms. The molecule has 1 aliphatic heterocycles. The van der Waals surface area contributed by atoms with Crippen molar-refractivity contribution in [1.82, 2.24) is 9.55 Å². The Labute approximate surface area is 122 Å². The first kappa shape index (κ1) is 14.2. The first-order valence-electron chi connectivity index (χ1n) is 7.35. The summed E-state index contributed by atoms with van der Waals surface area (Å²) < 4.78 is 30.1. The Morgan fingerprint density at radius 2 is 2.00 bits per heavy atom. The van der Waals surface area contributed by atoms with Crippen LogP contribution in [0.25, 0.3) is 0 Å². The minimum absolute atomic E-state index is 0.174. The van der Waals surface area contributed by atoms with Crippen LogP contribution in [0.3, 0.4) is 0 Å². The fourth-order valence-electron chi connectivity index (χ4n) is 3.17. The van der Waals surface area contributed by atoms with Crippen LogP contribution < -0.4 is 5.73 Å². The van der Waals surface area contributed by atoms with Crippen LogP contribution in [-0.2, 0) is 13.0 Å². The first-order valence-corrected chi connectivity index (χ1v) is 7.35. The largest absolute Gasteiger partial charge is 0.330 e. The molecule has 0 amide bonds. The number of hydrogen-bond donors (Lipinski definition) is 1. The van der Waals surface area contributed by atoms with Crippen LogP contribution in [0.5, 0.6) is 0 Å². The number of aromatic nitrogens is 2. The SMILES string of the molecule is CCc1cnc2n1C[C@H](c1c(F)cccc1F)CC[C@H]2N. The van der Waals surface area contributed by atoms with Crippen molar-refractivity contribution in [2.75, 3.05) is 0 Å². The molecule has 0 fully saturated rings. The Kier molecular flexibility index (Phi) is 3.76. The molecule has 0 saturated carbocycles. The van der Waals surface area contributed by atoms with Crippen molar-refractivity contribution in [3.05, 3.63) is 53.1 Å². The van der Waals surface area contributed by atoms with E-state index in [0.29, 0.717) is 19.4 Å². The summed E-state index contributed by atoms with van der Waals surface area (Å²) in [5.41, 5.74) is 7.39. The van der Waals surface area contributed by atoms with E-state index in [9.17, 15) is 8.78 Å². The molecule has 1 aliphatic rings.